The van der Waals surface area contributed by atoms with Crippen LogP contribution < -0.4 is 11.3 Å². The number of fused-ring (bicyclic) bond motifs is 3. The molecule has 0 aromatic carbocycles. The van der Waals surface area contributed by atoms with E-state index < -0.39 is 5.97 Å². The van der Waals surface area contributed by atoms with Gasteiger partial charge in [0.25, 0.3) is 5.56 Å². The number of thiazole rings is 1. The number of hydrogen-bond acceptors (Lipinski definition) is 8. The van der Waals surface area contributed by atoms with Gasteiger partial charge in [0.2, 0.25) is 0 Å². The summed E-state index contributed by atoms with van der Waals surface area (Å²) < 4.78 is 5.10. The summed E-state index contributed by atoms with van der Waals surface area (Å²) >= 11 is 1.40. The normalized spacial score (nSPS) is 11.8. The van der Waals surface area contributed by atoms with Gasteiger partial charge in [0.15, 0.2) is 5.65 Å². The van der Waals surface area contributed by atoms with Crippen LogP contribution in [-0.4, -0.2) is 45.9 Å². The fourth-order valence-corrected chi connectivity index (χ4v) is 4.46. The second-order valence-corrected chi connectivity index (χ2v) is 7.80. The molecular weight excluding hydrogens is 408 g/mol. The Labute approximate surface area is 173 Å². The van der Waals surface area contributed by atoms with Gasteiger partial charge < -0.3 is 20.8 Å². The largest absolute Gasteiger partial charge is 0.478 e. The van der Waals surface area contributed by atoms with E-state index in [4.69, 9.17) is 11.1 Å². The van der Waals surface area contributed by atoms with Crippen LogP contribution in [0.25, 0.3) is 21.3 Å². The summed E-state index contributed by atoms with van der Waals surface area (Å²) in [6, 6.07) is 0. The van der Waals surface area contributed by atoms with Gasteiger partial charge in [0.05, 0.1) is 23.1 Å². The molecule has 0 aliphatic carbocycles. The number of aromatic nitrogens is 6. The number of hydrogen-bond donors (Lipinski definition) is 3. The van der Waals surface area contributed by atoms with E-state index in [0.717, 1.165) is 9.71 Å². The van der Waals surface area contributed by atoms with E-state index in [1.165, 1.54) is 39.2 Å². The van der Waals surface area contributed by atoms with Crippen LogP contribution in [0.3, 0.4) is 0 Å². The van der Waals surface area contributed by atoms with Gasteiger partial charge in [0.1, 0.15) is 16.1 Å². The monoisotopic (exact) mass is 426 g/mol. The number of nitrogens with zero attached hydrogens (tertiary/aromatic N) is 6. The maximum absolute atomic E-state index is 13.1. The molecule has 4 rings (SSSR count). The molecule has 0 atom stereocenters. The van der Waals surface area contributed by atoms with Crippen molar-refractivity contribution >= 4 is 44.3 Å². The molecule has 4 aromatic heterocycles. The predicted molar refractivity (Wildman–Crippen MR) is 112 cm³/mol. The van der Waals surface area contributed by atoms with Crippen molar-refractivity contribution in [3.05, 3.63) is 51.3 Å². The molecule has 4 heterocycles. The average molecular weight is 426 g/mol. The fraction of sp³-hybridized carbons (Fsp3) is 0.222. The lowest BCUT2D eigenvalue weighted by atomic mass is 10.2. The molecule has 0 radical (unpaired) electrons. The maximum Gasteiger partial charge on any atom is 0.339 e. The molecule has 0 unspecified atom stereocenters. The van der Waals surface area contributed by atoms with Crippen LogP contribution in [0.1, 0.15) is 21.1 Å². The van der Waals surface area contributed by atoms with Gasteiger partial charge in [-0.15, -0.1) is 11.3 Å². The van der Waals surface area contributed by atoms with Gasteiger partial charge >= 0.3 is 5.97 Å². The third-order valence-corrected chi connectivity index (χ3v) is 5.72. The van der Waals surface area contributed by atoms with Gasteiger partial charge in [-0.1, -0.05) is 0 Å². The lowest BCUT2D eigenvalue weighted by molar-refractivity contribution is 0.0695. The Morgan fingerprint density at radius 2 is 2.17 bits per heavy atom. The lowest BCUT2D eigenvalue weighted by Gasteiger charge is -2.04. The molecule has 0 aliphatic rings. The molecule has 0 bridgehead atoms. The number of nitrogens with one attached hydrogen (secondary N) is 1. The highest BCUT2D eigenvalue weighted by Gasteiger charge is 2.20. The van der Waals surface area contributed by atoms with Crippen LogP contribution in [0.5, 0.6) is 0 Å². The molecule has 0 spiro atoms. The molecule has 0 fully saturated rings. The molecule has 154 valence electrons. The van der Waals surface area contributed by atoms with E-state index in [9.17, 15) is 14.7 Å². The molecular formula is C18H18N8O3S. The first-order valence-corrected chi connectivity index (χ1v) is 9.67. The number of carboxylic acids is 1. The minimum atomic E-state index is -1.11. The lowest BCUT2D eigenvalue weighted by Crippen LogP contribution is -2.25. The van der Waals surface area contributed by atoms with Crippen molar-refractivity contribution in [3.8, 4) is 0 Å². The number of nitrogens with two attached hydrogens (primary N) is 1. The summed E-state index contributed by atoms with van der Waals surface area (Å²) in [7, 11) is 3.36. The Kier molecular flexibility index (Phi) is 4.70. The number of carboxylic acid groups (broad SMARTS) is 1. The van der Waals surface area contributed by atoms with E-state index >= 15 is 0 Å². The Balaban J connectivity index is 1.78. The van der Waals surface area contributed by atoms with Gasteiger partial charge in [-0.25, -0.2) is 14.5 Å². The van der Waals surface area contributed by atoms with E-state index in [-0.39, 0.29) is 23.4 Å². The maximum atomic E-state index is 13.1. The number of aromatic carboxylic acids is 1. The van der Waals surface area contributed by atoms with Crippen molar-refractivity contribution in [2.24, 2.45) is 19.8 Å². The van der Waals surface area contributed by atoms with Crippen molar-refractivity contribution in [2.45, 2.75) is 13.0 Å². The fourth-order valence-electron chi connectivity index (χ4n) is 3.33. The molecule has 0 amide bonds. The van der Waals surface area contributed by atoms with E-state index in [1.54, 1.807) is 24.9 Å². The number of rotatable bonds is 6. The quantitative estimate of drug-likeness (QED) is 0.386. The van der Waals surface area contributed by atoms with E-state index in [0.29, 0.717) is 28.7 Å². The summed E-state index contributed by atoms with van der Waals surface area (Å²) in [6.45, 7) is -0.0582. The van der Waals surface area contributed by atoms with Gasteiger partial charge in [-0.3, -0.25) is 9.48 Å². The first-order valence-electron chi connectivity index (χ1n) is 8.85. The first kappa shape index (κ1) is 19.5. The van der Waals surface area contributed by atoms with Gasteiger partial charge in [-0.05, 0) is 12.3 Å². The van der Waals surface area contributed by atoms with Crippen molar-refractivity contribution < 1.29 is 9.90 Å². The van der Waals surface area contributed by atoms with Crippen LogP contribution >= 0.6 is 11.3 Å². The summed E-state index contributed by atoms with van der Waals surface area (Å²) in [5.41, 5.74) is 6.64. The van der Waals surface area contributed by atoms with Crippen LogP contribution in [0.15, 0.2) is 29.5 Å². The van der Waals surface area contributed by atoms with Gasteiger partial charge in [0, 0.05) is 37.8 Å². The summed E-state index contributed by atoms with van der Waals surface area (Å²) in [6.07, 6.45) is 6.14. The zero-order valence-electron chi connectivity index (χ0n) is 16.2. The highest BCUT2D eigenvalue weighted by atomic mass is 32.1. The Hall–Kier alpha value is -3.80. The molecule has 4 aromatic rings. The van der Waals surface area contributed by atoms with Crippen molar-refractivity contribution in [3.63, 3.8) is 0 Å². The standard InChI is InChI=1S/C18H18N8O3S/c1-24-7-11(18(28)29)12(23-24)8-26-17(27)14-10(6-21-26)15-16(25(14)2)22-13(30-15)5-9(20)3-4-19/h3-4,6-7,20H,5,8,19H2,1-2H3,(H,28,29)/b4-3-,20-9?. The number of aryl methyl sites for hydroxylation is 2. The predicted octanol–water partition coefficient (Wildman–Crippen LogP) is 0.859. The Bertz CT molecular complexity index is 1400. The Morgan fingerprint density at radius 1 is 1.40 bits per heavy atom. The smallest absolute Gasteiger partial charge is 0.339 e. The minimum Gasteiger partial charge on any atom is -0.478 e. The van der Waals surface area contributed by atoms with Crippen LogP contribution in [0.4, 0.5) is 0 Å². The second-order valence-electron chi connectivity index (χ2n) is 6.72. The molecule has 0 saturated carbocycles. The first-order chi connectivity index (χ1) is 14.3. The SMILES string of the molecule is Cn1cc(C(=O)O)c(Cn2ncc3c4sc(CC(=N)/C=C\N)nc4n(C)c3c2=O)n1. The van der Waals surface area contributed by atoms with E-state index in [1.807, 2.05) is 0 Å². The third kappa shape index (κ3) is 3.16. The molecule has 12 heteroatoms. The third-order valence-electron chi connectivity index (χ3n) is 4.64. The average Bonchev–Trinajstić information content (AvgIpc) is 3.32. The van der Waals surface area contributed by atoms with Gasteiger partial charge in [-0.2, -0.15) is 10.2 Å². The zero-order chi connectivity index (χ0) is 21.6. The minimum absolute atomic E-state index is 0.0273. The number of allylic oxidation sites excluding steroid dienone is 1. The summed E-state index contributed by atoms with van der Waals surface area (Å²) in [5.74, 6) is -1.11. The summed E-state index contributed by atoms with van der Waals surface area (Å²) in [4.78, 5) is 29.0. The van der Waals surface area contributed by atoms with Crippen molar-refractivity contribution in [1.82, 2.24) is 29.1 Å². The molecule has 0 saturated heterocycles. The topological polar surface area (TPSA) is 158 Å². The summed E-state index contributed by atoms with van der Waals surface area (Å²) in [5, 5.41) is 27.0. The van der Waals surface area contributed by atoms with E-state index in [2.05, 4.69) is 15.2 Å². The van der Waals surface area contributed by atoms with Crippen LogP contribution in [0, 0.1) is 5.41 Å². The highest BCUT2D eigenvalue weighted by Crippen LogP contribution is 2.31. The molecule has 30 heavy (non-hydrogen) atoms. The number of carbonyl (C=O) groups is 1. The van der Waals surface area contributed by atoms with Crippen LogP contribution in [-0.2, 0) is 27.1 Å². The second kappa shape index (κ2) is 7.22. The Morgan fingerprint density at radius 3 is 2.87 bits per heavy atom. The highest BCUT2D eigenvalue weighted by molar-refractivity contribution is 7.19. The molecule has 11 nitrogen and oxygen atoms in total. The van der Waals surface area contributed by atoms with Crippen molar-refractivity contribution in [1.29, 1.82) is 5.41 Å². The molecule has 0 aliphatic heterocycles. The van der Waals surface area contributed by atoms with Crippen LogP contribution in [0.2, 0.25) is 0 Å². The van der Waals surface area contributed by atoms with Crippen molar-refractivity contribution in [2.75, 3.05) is 0 Å². The molecule has 4 N–H and O–H groups in total. The zero-order valence-corrected chi connectivity index (χ0v) is 17.0.